The zero-order valence-corrected chi connectivity index (χ0v) is 16.4. The van der Waals surface area contributed by atoms with Crippen LogP contribution < -0.4 is 4.90 Å². The highest BCUT2D eigenvalue weighted by Gasteiger charge is 2.48. The van der Waals surface area contributed by atoms with Crippen LogP contribution in [0.2, 0.25) is 5.02 Å². The second-order valence-electron chi connectivity index (χ2n) is 6.27. The second-order valence-corrected chi connectivity index (χ2v) is 7.52. The van der Waals surface area contributed by atoms with Gasteiger partial charge in [0.1, 0.15) is 22.8 Å². The van der Waals surface area contributed by atoms with Gasteiger partial charge in [0.25, 0.3) is 5.78 Å². The van der Waals surface area contributed by atoms with Gasteiger partial charge >= 0.3 is 5.91 Å². The molecule has 2 aromatic heterocycles. The molecule has 1 saturated heterocycles. The maximum absolute atomic E-state index is 12.9. The first-order chi connectivity index (χ1) is 13.4. The molecule has 0 saturated carbocycles. The summed E-state index contributed by atoms with van der Waals surface area (Å²) in [5.41, 5.74) is 2.41. The van der Waals surface area contributed by atoms with Crippen LogP contribution in [-0.2, 0) is 9.59 Å². The highest BCUT2D eigenvalue weighted by atomic mass is 35.5. The highest BCUT2D eigenvalue weighted by Crippen LogP contribution is 2.43. The molecule has 1 fully saturated rings. The molecule has 4 rings (SSSR count). The number of hydrogen-bond donors (Lipinski definition) is 1. The van der Waals surface area contributed by atoms with Gasteiger partial charge in [0, 0.05) is 5.02 Å². The van der Waals surface area contributed by atoms with Gasteiger partial charge in [-0.05, 0) is 37.6 Å². The van der Waals surface area contributed by atoms with Crippen LogP contribution in [0.1, 0.15) is 28.7 Å². The molecule has 1 amide bonds. The summed E-state index contributed by atoms with van der Waals surface area (Å²) in [6.45, 7) is 3.42. The van der Waals surface area contributed by atoms with E-state index >= 15 is 0 Å². The highest BCUT2D eigenvalue weighted by molar-refractivity contribution is 7.13. The van der Waals surface area contributed by atoms with Crippen LogP contribution in [0.5, 0.6) is 0 Å². The maximum atomic E-state index is 12.9. The Balaban J connectivity index is 1.96. The Labute approximate surface area is 168 Å². The van der Waals surface area contributed by atoms with Gasteiger partial charge in [0.15, 0.2) is 0 Å². The average Bonchev–Trinajstić information content (AvgIpc) is 3.35. The number of aliphatic hydroxyl groups is 1. The molecule has 0 aliphatic carbocycles. The third-order valence-electron chi connectivity index (χ3n) is 4.48. The largest absolute Gasteiger partial charge is 0.507 e. The van der Waals surface area contributed by atoms with Crippen molar-refractivity contribution in [3.63, 3.8) is 0 Å². The van der Waals surface area contributed by atoms with Gasteiger partial charge in [-0.25, -0.2) is 0 Å². The lowest BCUT2D eigenvalue weighted by molar-refractivity contribution is -0.132. The van der Waals surface area contributed by atoms with Gasteiger partial charge in [-0.2, -0.15) is 0 Å². The summed E-state index contributed by atoms with van der Waals surface area (Å²) >= 11 is 7.11. The molecule has 1 aliphatic rings. The first-order valence-electron chi connectivity index (χ1n) is 8.28. The van der Waals surface area contributed by atoms with Gasteiger partial charge in [-0.15, -0.1) is 10.2 Å². The molecule has 1 aromatic carbocycles. The number of hydrogen-bond acceptors (Lipinski definition) is 7. The van der Waals surface area contributed by atoms with E-state index in [-0.39, 0.29) is 16.5 Å². The Morgan fingerprint density at radius 1 is 1.25 bits per heavy atom. The molecule has 7 nitrogen and oxygen atoms in total. The van der Waals surface area contributed by atoms with E-state index in [0.717, 1.165) is 11.3 Å². The number of carbonyl (C=O) groups is 2. The number of ketones is 1. The minimum Gasteiger partial charge on any atom is -0.507 e. The fraction of sp³-hybridized carbons (Fsp3) is 0.158. The summed E-state index contributed by atoms with van der Waals surface area (Å²) < 4.78 is 5.47. The van der Waals surface area contributed by atoms with E-state index < -0.39 is 17.7 Å². The lowest BCUT2D eigenvalue weighted by Gasteiger charge is -2.22. The predicted molar refractivity (Wildman–Crippen MR) is 104 cm³/mol. The second kappa shape index (κ2) is 6.88. The van der Waals surface area contributed by atoms with Gasteiger partial charge < -0.3 is 9.52 Å². The molecule has 3 aromatic rings. The van der Waals surface area contributed by atoms with Crippen LogP contribution >= 0.6 is 22.9 Å². The van der Waals surface area contributed by atoms with Crippen molar-refractivity contribution in [1.82, 2.24) is 10.2 Å². The Morgan fingerprint density at radius 3 is 2.54 bits per heavy atom. The maximum Gasteiger partial charge on any atom is 0.301 e. The summed E-state index contributed by atoms with van der Waals surface area (Å²) in [7, 11) is 0. The summed E-state index contributed by atoms with van der Waals surface area (Å²) in [5, 5.41) is 19.4. The number of rotatable bonds is 3. The number of aliphatic hydroxyl groups excluding tert-OH is 1. The first-order valence-corrected chi connectivity index (χ1v) is 9.54. The molecular formula is C19H14ClN3O4S. The summed E-state index contributed by atoms with van der Waals surface area (Å²) in [6.07, 6.45) is 0. The van der Waals surface area contributed by atoms with E-state index in [0.29, 0.717) is 27.7 Å². The molecular weight excluding hydrogens is 402 g/mol. The van der Waals surface area contributed by atoms with E-state index in [1.165, 1.54) is 10.4 Å². The Morgan fingerprint density at radius 2 is 1.96 bits per heavy atom. The quantitative estimate of drug-likeness (QED) is 0.394. The zero-order chi connectivity index (χ0) is 20.0. The zero-order valence-electron chi connectivity index (χ0n) is 14.8. The lowest BCUT2D eigenvalue weighted by Crippen LogP contribution is -2.29. The standard InChI is InChI=1S/C19H14ClN3O4S/c1-9-7-13(10(2)27-9)16(24)14-15(11-3-5-12(20)6-4-11)23(18(26)17(14)25)19-22-21-8-28-19/h3-8,15,24H,1-2H3/b16-14+. The molecule has 1 N–H and O–H groups in total. The van der Waals surface area contributed by atoms with Crippen LogP contribution in [0.15, 0.2) is 45.8 Å². The molecule has 0 bridgehead atoms. The van der Waals surface area contributed by atoms with Crippen molar-refractivity contribution >= 4 is 45.5 Å². The molecule has 1 aliphatic heterocycles. The molecule has 0 radical (unpaired) electrons. The number of Topliss-reactive ketones (excluding diaryl/α,β-unsaturated/α-hetero) is 1. The van der Waals surface area contributed by atoms with E-state index in [4.69, 9.17) is 16.0 Å². The molecule has 28 heavy (non-hydrogen) atoms. The van der Waals surface area contributed by atoms with Crippen molar-refractivity contribution in [2.45, 2.75) is 19.9 Å². The van der Waals surface area contributed by atoms with Crippen LogP contribution in [0.25, 0.3) is 5.76 Å². The molecule has 1 atom stereocenters. The van der Waals surface area contributed by atoms with Crippen molar-refractivity contribution < 1.29 is 19.1 Å². The van der Waals surface area contributed by atoms with Crippen LogP contribution in [0.4, 0.5) is 5.13 Å². The molecule has 3 heterocycles. The first kappa shape index (κ1) is 18.4. The van der Waals surface area contributed by atoms with E-state index in [9.17, 15) is 14.7 Å². The van der Waals surface area contributed by atoms with E-state index in [2.05, 4.69) is 10.2 Å². The third-order valence-corrected chi connectivity index (χ3v) is 5.42. The monoisotopic (exact) mass is 415 g/mol. The number of amides is 1. The summed E-state index contributed by atoms with van der Waals surface area (Å²) in [4.78, 5) is 26.9. The summed E-state index contributed by atoms with van der Waals surface area (Å²) in [5.74, 6) is -0.839. The number of aryl methyl sites for hydroxylation is 2. The van der Waals surface area contributed by atoms with E-state index in [1.807, 2.05) is 0 Å². The normalized spacial score (nSPS) is 18.8. The lowest BCUT2D eigenvalue weighted by atomic mass is 9.95. The number of nitrogens with zero attached hydrogens (tertiary/aromatic N) is 3. The van der Waals surface area contributed by atoms with Crippen molar-refractivity contribution in [3.05, 3.63) is 69.1 Å². The number of aromatic nitrogens is 2. The van der Waals surface area contributed by atoms with Crippen LogP contribution in [0.3, 0.4) is 0 Å². The molecule has 142 valence electrons. The Hall–Kier alpha value is -2.97. The number of carbonyl (C=O) groups excluding carboxylic acids is 2. The van der Waals surface area contributed by atoms with Crippen molar-refractivity contribution in [3.8, 4) is 0 Å². The van der Waals surface area contributed by atoms with Gasteiger partial charge in [-0.3, -0.25) is 14.5 Å². The Bertz CT molecular complexity index is 1100. The number of anilines is 1. The average molecular weight is 416 g/mol. The Kier molecular flexibility index (Phi) is 4.52. The predicted octanol–water partition coefficient (Wildman–Crippen LogP) is 4.03. The van der Waals surface area contributed by atoms with Gasteiger partial charge in [0.05, 0.1) is 17.2 Å². The summed E-state index contributed by atoms with van der Waals surface area (Å²) in [6, 6.07) is 7.48. The molecule has 1 unspecified atom stereocenters. The van der Waals surface area contributed by atoms with Crippen molar-refractivity contribution in [2.75, 3.05) is 4.90 Å². The van der Waals surface area contributed by atoms with Gasteiger partial charge in [-0.1, -0.05) is 35.1 Å². The van der Waals surface area contributed by atoms with Crippen LogP contribution in [0, 0.1) is 13.8 Å². The molecule has 0 spiro atoms. The topological polar surface area (TPSA) is 96.5 Å². The number of furan rings is 1. The smallest absolute Gasteiger partial charge is 0.301 e. The van der Waals surface area contributed by atoms with Crippen molar-refractivity contribution in [1.29, 1.82) is 0 Å². The fourth-order valence-electron chi connectivity index (χ4n) is 3.27. The number of benzene rings is 1. The fourth-order valence-corrected chi connectivity index (χ4v) is 3.98. The number of halogens is 1. The van der Waals surface area contributed by atoms with E-state index in [1.54, 1.807) is 44.2 Å². The molecule has 9 heteroatoms. The SMILES string of the molecule is Cc1cc(/C(O)=C2\C(=O)C(=O)N(c3nncs3)C2c2ccc(Cl)cc2)c(C)o1. The van der Waals surface area contributed by atoms with Crippen molar-refractivity contribution in [2.24, 2.45) is 0 Å². The van der Waals surface area contributed by atoms with Crippen LogP contribution in [-0.4, -0.2) is 27.0 Å². The third kappa shape index (κ3) is 2.90. The minimum absolute atomic E-state index is 0.0357. The van der Waals surface area contributed by atoms with Gasteiger partial charge in [0.2, 0.25) is 5.13 Å². The minimum atomic E-state index is -0.861.